The Morgan fingerprint density at radius 3 is 2.45 bits per heavy atom. The van der Waals surface area contributed by atoms with Gasteiger partial charge in [-0.2, -0.15) is 0 Å². The van der Waals surface area contributed by atoms with Crippen LogP contribution < -0.4 is 5.32 Å². The Morgan fingerprint density at radius 1 is 1.10 bits per heavy atom. The van der Waals surface area contributed by atoms with E-state index in [1.165, 1.54) is 18.2 Å². The van der Waals surface area contributed by atoms with E-state index in [2.05, 4.69) is 21.2 Å². The zero-order valence-corrected chi connectivity index (χ0v) is 11.8. The van der Waals surface area contributed by atoms with Gasteiger partial charge in [0.15, 0.2) is 0 Å². The van der Waals surface area contributed by atoms with Crippen LogP contribution in [0.15, 0.2) is 40.9 Å². The first-order valence-electron chi connectivity index (χ1n) is 5.80. The molecule has 1 unspecified atom stereocenters. The third-order valence-electron chi connectivity index (χ3n) is 2.74. The lowest BCUT2D eigenvalue weighted by Crippen LogP contribution is -2.14. The molecular weight excluding hydrogens is 335 g/mol. The van der Waals surface area contributed by atoms with Gasteiger partial charge in [-0.15, -0.1) is 0 Å². The summed E-state index contributed by atoms with van der Waals surface area (Å²) in [4.78, 5) is 0. The number of benzene rings is 2. The second-order valence-corrected chi connectivity index (χ2v) is 5.02. The lowest BCUT2D eigenvalue weighted by molar-refractivity contribution is 0.186. The van der Waals surface area contributed by atoms with E-state index in [0.29, 0.717) is 0 Å². The molecule has 0 amide bonds. The van der Waals surface area contributed by atoms with Crippen molar-refractivity contribution in [2.75, 3.05) is 11.9 Å². The maximum absolute atomic E-state index is 13.6. The quantitative estimate of drug-likeness (QED) is 0.877. The van der Waals surface area contributed by atoms with Gasteiger partial charge in [0.1, 0.15) is 17.5 Å². The van der Waals surface area contributed by atoms with Gasteiger partial charge in [0.2, 0.25) is 0 Å². The minimum atomic E-state index is -1.15. The number of anilines is 1. The molecule has 0 radical (unpaired) electrons. The van der Waals surface area contributed by atoms with Crippen LogP contribution in [-0.2, 0) is 0 Å². The maximum Gasteiger partial charge on any atom is 0.150 e. The summed E-state index contributed by atoms with van der Waals surface area (Å²) in [5.74, 6) is -2.05. The first-order valence-corrected chi connectivity index (χ1v) is 6.59. The average molecular weight is 346 g/mol. The number of aliphatic hydroxyl groups is 1. The van der Waals surface area contributed by atoms with Gasteiger partial charge in [-0.05, 0) is 28.1 Å². The highest BCUT2D eigenvalue weighted by Gasteiger charge is 2.14. The molecule has 2 nitrogen and oxygen atoms in total. The SMILES string of the molecule is OC(CNc1c(F)cc(F)cc1Br)c1ccccc1F. The molecule has 20 heavy (non-hydrogen) atoms. The Kier molecular flexibility index (Phi) is 4.67. The highest BCUT2D eigenvalue weighted by molar-refractivity contribution is 9.10. The number of hydrogen-bond donors (Lipinski definition) is 2. The molecule has 0 aliphatic carbocycles. The van der Waals surface area contributed by atoms with Gasteiger partial charge >= 0.3 is 0 Å². The second kappa shape index (κ2) is 6.28. The number of aliphatic hydroxyl groups excluding tert-OH is 1. The molecule has 0 aliphatic rings. The molecule has 2 aromatic carbocycles. The van der Waals surface area contributed by atoms with E-state index in [9.17, 15) is 18.3 Å². The summed E-state index contributed by atoms with van der Waals surface area (Å²) in [6.07, 6.45) is -1.15. The molecule has 0 fully saturated rings. The van der Waals surface area contributed by atoms with Gasteiger partial charge in [-0.25, -0.2) is 13.2 Å². The van der Waals surface area contributed by atoms with Gasteiger partial charge in [-0.1, -0.05) is 18.2 Å². The van der Waals surface area contributed by atoms with Crippen molar-refractivity contribution in [1.82, 2.24) is 0 Å². The molecule has 1 atom stereocenters. The Morgan fingerprint density at radius 2 is 1.80 bits per heavy atom. The molecule has 0 spiro atoms. The topological polar surface area (TPSA) is 32.3 Å². The van der Waals surface area contributed by atoms with Crippen molar-refractivity contribution in [3.05, 3.63) is 63.9 Å². The van der Waals surface area contributed by atoms with Crippen LogP contribution in [0.25, 0.3) is 0 Å². The molecule has 0 aliphatic heterocycles. The Balaban J connectivity index is 2.12. The van der Waals surface area contributed by atoms with Crippen molar-refractivity contribution in [3.8, 4) is 0 Å². The standard InChI is InChI=1S/C14H11BrF3NO/c15-10-5-8(16)6-12(18)14(10)19-7-13(20)9-3-1-2-4-11(9)17/h1-6,13,19-20H,7H2. The zero-order chi connectivity index (χ0) is 14.7. The van der Waals surface area contributed by atoms with Crippen molar-refractivity contribution >= 4 is 21.6 Å². The van der Waals surface area contributed by atoms with Crippen LogP contribution in [0.5, 0.6) is 0 Å². The first-order chi connectivity index (χ1) is 9.49. The van der Waals surface area contributed by atoms with Crippen LogP contribution in [0.2, 0.25) is 0 Å². The summed E-state index contributed by atoms with van der Waals surface area (Å²) in [6, 6.07) is 7.60. The van der Waals surface area contributed by atoms with Gasteiger partial charge in [0, 0.05) is 22.6 Å². The Labute approximate surface area is 122 Å². The maximum atomic E-state index is 13.6. The Hall–Kier alpha value is -1.53. The molecular formula is C14H11BrF3NO. The smallest absolute Gasteiger partial charge is 0.150 e. The summed E-state index contributed by atoms with van der Waals surface area (Å²) in [5.41, 5.74) is 0.125. The average Bonchev–Trinajstić information content (AvgIpc) is 2.37. The van der Waals surface area contributed by atoms with Gasteiger partial charge in [0.25, 0.3) is 0 Å². The fourth-order valence-electron chi connectivity index (χ4n) is 1.77. The molecule has 0 saturated heterocycles. The highest BCUT2D eigenvalue weighted by Crippen LogP contribution is 2.27. The first kappa shape index (κ1) is 14.9. The van der Waals surface area contributed by atoms with E-state index in [4.69, 9.17) is 0 Å². The zero-order valence-electron chi connectivity index (χ0n) is 10.2. The van der Waals surface area contributed by atoms with Gasteiger partial charge in [-0.3, -0.25) is 0 Å². The van der Waals surface area contributed by atoms with Crippen molar-refractivity contribution in [3.63, 3.8) is 0 Å². The van der Waals surface area contributed by atoms with Crippen LogP contribution in [0.1, 0.15) is 11.7 Å². The van der Waals surface area contributed by atoms with E-state index < -0.39 is 23.6 Å². The van der Waals surface area contributed by atoms with Crippen molar-refractivity contribution in [2.45, 2.75) is 6.10 Å². The monoisotopic (exact) mass is 345 g/mol. The largest absolute Gasteiger partial charge is 0.386 e. The summed E-state index contributed by atoms with van der Waals surface area (Å²) >= 11 is 3.02. The van der Waals surface area contributed by atoms with E-state index in [0.717, 1.165) is 12.1 Å². The van der Waals surface area contributed by atoms with Crippen LogP contribution in [0, 0.1) is 17.5 Å². The lowest BCUT2D eigenvalue weighted by atomic mass is 10.1. The number of hydrogen-bond acceptors (Lipinski definition) is 2. The molecule has 0 bridgehead atoms. The molecule has 6 heteroatoms. The number of halogens is 4. The summed E-state index contributed by atoms with van der Waals surface area (Å²) in [7, 11) is 0. The molecule has 2 rings (SSSR count). The normalized spacial score (nSPS) is 12.2. The van der Waals surface area contributed by atoms with Crippen LogP contribution in [0.4, 0.5) is 18.9 Å². The summed E-state index contributed by atoms with van der Waals surface area (Å²) in [5, 5.41) is 12.5. The molecule has 0 aromatic heterocycles. The minimum Gasteiger partial charge on any atom is -0.386 e. The van der Waals surface area contributed by atoms with Crippen LogP contribution in [-0.4, -0.2) is 11.7 Å². The van der Waals surface area contributed by atoms with Crippen molar-refractivity contribution in [1.29, 1.82) is 0 Å². The van der Waals surface area contributed by atoms with E-state index in [1.807, 2.05) is 0 Å². The summed E-state index contributed by atoms with van der Waals surface area (Å²) in [6.45, 7) is -0.109. The molecule has 2 N–H and O–H groups in total. The van der Waals surface area contributed by atoms with Crippen LogP contribution in [0.3, 0.4) is 0 Å². The fourth-order valence-corrected chi connectivity index (χ4v) is 2.31. The third-order valence-corrected chi connectivity index (χ3v) is 3.37. The number of nitrogens with one attached hydrogen (secondary N) is 1. The lowest BCUT2D eigenvalue weighted by Gasteiger charge is -2.15. The van der Waals surface area contributed by atoms with E-state index in [1.54, 1.807) is 6.07 Å². The number of rotatable bonds is 4. The van der Waals surface area contributed by atoms with Crippen molar-refractivity contribution < 1.29 is 18.3 Å². The fraction of sp³-hybridized carbons (Fsp3) is 0.143. The predicted molar refractivity (Wildman–Crippen MR) is 73.9 cm³/mol. The van der Waals surface area contributed by atoms with Crippen LogP contribution >= 0.6 is 15.9 Å². The highest BCUT2D eigenvalue weighted by atomic mass is 79.9. The third kappa shape index (κ3) is 3.32. The Bertz CT molecular complexity index is 598. The van der Waals surface area contributed by atoms with E-state index >= 15 is 0 Å². The molecule has 106 valence electrons. The predicted octanol–water partition coefficient (Wildman–Crippen LogP) is 4.01. The van der Waals surface area contributed by atoms with Gasteiger partial charge < -0.3 is 10.4 Å². The molecule has 2 aromatic rings. The van der Waals surface area contributed by atoms with Crippen molar-refractivity contribution in [2.24, 2.45) is 0 Å². The van der Waals surface area contributed by atoms with E-state index in [-0.39, 0.29) is 22.3 Å². The van der Waals surface area contributed by atoms with Gasteiger partial charge in [0.05, 0.1) is 11.8 Å². The molecule has 0 heterocycles. The molecule has 0 saturated carbocycles. The summed E-state index contributed by atoms with van der Waals surface area (Å²) < 4.78 is 40.1. The second-order valence-electron chi connectivity index (χ2n) is 4.16. The minimum absolute atomic E-state index is 0.0155.